The Kier molecular flexibility index (Phi) is 8.20. The molecule has 20 heavy (non-hydrogen) atoms. The zero-order valence-electron chi connectivity index (χ0n) is 13.7. The van der Waals surface area contributed by atoms with Crippen LogP contribution in [0.1, 0.15) is 72.1 Å². The Bertz CT molecular complexity index is 274. The van der Waals surface area contributed by atoms with E-state index in [9.17, 15) is 4.79 Å². The third-order valence-corrected chi connectivity index (χ3v) is 5.15. The van der Waals surface area contributed by atoms with Gasteiger partial charge in [0.05, 0.1) is 0 Å². The van der Waals surface area contributed by atoms with Gasteiger partial charge in [0.15, 0.2) is 0 Å². The zero-order valence-corrected chi connectivity index (χ0v) is 13.7. The molecule has 1 amide bonds. The average Bonchev–Trinajstić information content (AvgIpc) is 2.77. The van der Waals surface area contributed by atoms with Crippen molar-refractivity contribution in [1.29, 1.82) is 0 Å². The number of nitrogens with two attached hydrogens (primary N) is 1. The van der Waals surface area contributed by atoms with Crippen molar-refractivity contribution < 1.29 is 4.79 Å². The van der Waals surface area contributed by atoms with E-state index in [0.717, 1.165) is 31.7 Å². The number of carbonyl (C=O) groups excluding carboxylic acids is 1. The molecule has 1 fully saturated rings. The van der Waals surface area contributed by atoms with Crippen molar-refractivity contribution in [2.45, 2.75) is 78.2 Å². The Balaban J connectivity index is 2.29. The van der Waals surface area contributed by atoms with Crippen molar-refractivity contribution in [3.8, 4) is 0 Å². The molecule has 0 heterocycles. The topological polar surface area (TPSA) is 55.1 Å². The summed E-state index contributed by atoms with van der Waals surface area (Å²) in [6.45, 7) is 7.49. The Morgan fingerprint density at radius 2 is 2.00 bits per heavy atom. The van der Waals surface area contributed by atoms with Crippen molar-refractivity contribution in [1.82, 2.24) is 5.32 Å². The molecule has 4 atom stereocenters. The van der Waals surface area contributed by atoms with Crippen molar-refractivity contribution in [2.24, 2.45) is 23.5 Å². The number of hydrogen-bond acceptors (Lipinski definition) is 2. The van der Waals surface area contributed by atoms with Gasteiger partial charge in [-0.1, -0.05) is 40.0 Å². The first-order valence-electron chi connectivity index (χ1n) is 8.61. The summed E-state index contributed by atoms with van der Waals surface area (Å²) in [6.07, 6.45) is 8.77. The third-order valence-electron chi connectivity index (χ3n) is 5.15. The Morgan fingerprint density at radius 3 is 2.55 bits per heavy atom. The van der Waals surface area contributed by atoms with E-state index in [-0.39, 0.29) is 5.91 Å². The van der Waals surface area contributed by atoms with Gasteiger partial charge >= 0.3 is 0 Å². The van der Waals surface area contributed by atoms with Crippen LogP contribution in [0.25, 0.3) is 0 Å². The van der Waals surface area contributed by atoms with E-state index >= 15 is 0 Å². The maximum absolute atomic E-state index is 12.1. The molecule has 4 unspecified atom stereocenters. The van der Waals surface area contributed by atoms with Gasteiger partial charge in [-0.3, -0.25) is 4.79 Å². The molecule has 0 bridgehead atoms. The SMILES string of the molecule is CCCC(CCN)CCC(=O)NC1CCC(CC)C1C. The lowest BCUT2D eigenvalue weighted by molar-refractivity contribution is -0.122. The first kappa shape index (κ1) is 17.5. The van der Waals surface area contributed by atoms with Gasteiger partial charge in [-0.15, -0.1) is 0 Å². The Morgan fingerprint density at radius 1 is 1.25 bits per heavy atom. The fourth-order valence-corrected chi connectivity index (χ4v) is 3.72. The van der Waals surface area contributed by atoms with E-state index in [2.05, 4.69) is 26.1 Å². The summed E-state index contributed by atoms with van der Waals surface area (Å²) >= 11 is 0. The van der Waals surface area contributed by atoms with Crippen molar-refractivity contribution in [3.05, 3.63) is 0 Å². The summed E-state index contributed by atoms with van der Waals surface area (Å²) in [6, 6.07) is 0.409. The molecular formula is C17H34N2O. The van der Waals surface area contributed by atoms with Gasteiger partial charge in [0, 0.05) is 12.5 Å². The minimum absolute atomic E-state index is 0.247. The van der Waals surface area contributed by atoms with Crippen LogP contribution in [0.2, 0.25) is 0 Å². The molecule has 0 radical (unpaired) electrons. The van der Waals surface area contributed by atoms with E-state index < -0.39 is 0 Å². The van der Waals surface area contributed by atoms with Crippen molar-refractivity contribution in [3.63, 3.8) is 0 Å². The molecule has 0 aromatic carbocycles. The van der Waals surface area contributed by atoms with Gasteiger partial charge in [-0.25, -0.2) is 0 Å². The number of carbonyl (C=O) groups is 1. The molecule has 3 heteroatoms. The summed E-state index contributed by atoms with van der Waals surface area (Å²) in [7, 11) is 0. The van der Waals surface area contributed by atoms with E-state index in [1.165, 1.54) is 25.7 Å². The predicted octanol–water partition coefficient (Wildman–Crippen LogP) is 3.47. The van der Waals surface area contributed by atoms with Crippen LogP contribution >= 0.6 is 0 Å². The molecule has 118 valence electrons. The minimum Gasteiger partial charge on any atom is -0.353 e. The monoisotopic (exact) mass is 282 g/mol. The molecule has 0 saturated heterocycles. The van der Waals surface area contributed by atoms with Gasteiger partial charge in [0.1, 0.15) is 0 Å². The fourth-order valence-electron chi connectivity index (χ4n) is 3.72. The normalized spacial score (nSPS) is 27.5. The van der Waals surface area contributed by atoms with Crippen molar-refractivity contribution in [2.75, 3.05) is 6.54 Å². The van der Waals surface area contributed by atoms with E-state index in [4.69, 9.17) is 5.73 Å². The highest BCUT2D eigenvalue weighted by atomic mass is 16.1. The molecule has 0 aromatic rings. The van der Waals surface area contributed by atoms with Gasteiger partial charge in [0.2, 0.25) is 5.91 Å². The lowest BCUT2D eigenvalue weighted by Gasteiger charge is -2.21. The lowest BCUT2D eigenvalue weighted by Crippen LogP contribution is -2.37. The number of nitrogens with one attached hydrogen (secondary N) is 1. The molecular weight excluding hydrogens is 248 g/mol. The molecule has 1 aliphatic carbocycles. The lowest BCUT2D eigenvalue weighted by atomic mass is 9.93. The number of hydrogen-bond donors (Lipinski definition) is 2. The number of amides is 1. The standard InChI is InChI=1S/C17H34N2O/c1-4-6-14(11-12-18)7-10-17(20)19-16-9-8-15(5-2)13(16)3/h13-16H,4-12,18H2,1-3H3,(H,19,20). The predicted molar refractivity (Wildman–Crippen MR) is 85.4 cm³/mol. The second-order valence-electron chi connectivity index (χ2n) is 6.55. The molecule has 1 saturated carbocycles. The molecule has 0 aromatic heterocycles. The molecule has 3 nitrogen and oxygen atoms in total. The van der Waals surface area contributed by atoms with Crippen LogP contribution < -0.4 is 11.1 Å². The smallest absolute Gasteiger partial charge is 0.220 e. The molecule has 3 N–H and O–H groups in total. The van der Waals surface area contributed by atoms with E-state index in [1.807, 2.05) is 0 Å². The van der Waals surface area contributed by atoms with Gasteiger partial charge in [0.25, 0.3) is 0 Å². The average molecular weight is 282 g/mol. The van der Waals surface area contributed by atoms with Crippen LogP contribution in [0.15, 0.2) is 0 Å². The maximum Gasteiger partial charge on any atom is 0.220 e. The highest BCUT2D eigenvalue weighted by molar-refractivity contribution is 5.76. The van der Waals surface area contributed by atoms with E-state index in [1.54, 1.807) is 0 Å². The van der Waals surface area contributed by atoms with Crippen LogP contribution in [0.5, 0.6) is 0 Å². The van der Waals surface area contributed by atoms with Gasteiger partial charge < -0.3 is 11.1 Å². The van der Waals surface area contributed by atoms with Crippen LogP contribution in [-0.2, 0) is 4.79 Å². The third kappa shape index (κ3) is 5.43. The second-order valence-corrected chi connectivity index (χ2v) is 6.55. The van der Waals surface area contributed by atoms with Crippen LogP contribution in [-0.4, -0.2) is 18.5 Å². The summed E-state index contributed by atoms with van der Waals surface area (Å²) < 4.78 is 0. The Hall–Kier alpha value is -0.570. The van der Waals surface area contributed by atoms with Crippen LogP contribution in [0.3, 0.4) is 0 Å². The quantitative estimate of drug-likeness (QED) is 0.680. The minimum atomic E-state index is 0.247. The largest absolute Gasteiger partial charge is 0.353 e. The van der Waals surface area contributed by atoms with E-state index in [0.29, 0.717) is 24.3 Å². The highest BCUT2D eigenvalue weighted by Gasteiger charge is 2.32. The van der Waals surface area contributed by atoms with Gasteiger partial charge in [-0.05, 0) is 50.0 Å². The van der Waals surface area contributed by atoms with Crippen molar-refractivity contribution >= 4 is 5.91 Å². The zero-order chi connectivity index (χ0) is 15.0. The molecule has 1 aliphatic rings. The van der Waals surface area contributed by atoms with Gasteiger partial charge in [-0.2, -0.15) is 0 Å². The summed E-state index contributed by atoms with van der Waals surface area (Å²) in [5.74, 6) is 2.31. The molecule has 1 rings (SSSR count). The summed E-state index contributed by atoms with van der Waals surface area (Å²) in [5, 5.41) is 3.26. The maximum atomic E-state index is 12.1. The number of rotatable bonds is 9. The molecule has 0 spiro atoms. The molecule has 0 aliphatic heterocycles. The Labute approximate surface area is 125 Å². The van der Waals surface area contributed by atoms with Crippen LogP contribution in [0, 0.1) is 17.8 Å². The fraction of sp³-hybridized carbons (Fsp3) is 0.941. The first-order valence-corrected chi connectivity index (χ1v) is 8.61. The summed E-state index contributed by atoms with van der Waals surface area (Å²) in [4.78, 5) is 12.1. The first-order chi connectivity index (χ1) is 9.62. The highest BCUT2D eigenvalue weighted by Crippen LogP contribution is 2.33. The summed E-state index contributed by atoms with van der Waals surface area (Å²) in [5.41, 5.74) is 5.65. The van der Waals surface area contributed by atoms with Crippen LogP contribution in [0.4, 0.5) is 0 Å². The second kappa shape index (κ2) is 9.38.